The Morgan fingerprint density at radius 1 is 1.23 bits per heavy atom. The van der Waals surface area contributed by atoms with E-state index in [-0.39, 0.29) is 5.04 Å². The van der Waals surface area contributed by atoms with Crippen LogP contribution in [-0.4, -0.2) is 65.1 Å². The molecule has 1 aromatic carbocycles. The number of fused-ring (bicyclic) bond motifs is 1. The average Bonchev–Trinajstić information content (AvgIpc) is 3.43. The van der Waals surface area contributed by atoms with E-state index in [1.165, 1.54) is 13.4 Å². The van der Waals surface area contributed by atoms with Crippen molar-refractivity contribution in [2.24, 2.45) is 5.73 Å². The first-order valence-corrected chi connectivity index (χ1v) is 16.6. The lowest BCUT2D eigenvalue weighted by Crippen LogP contribution is -2.57. The van der Waals surface area contributed by atoms with E-state index in [0.29, 0.717) is 23.5 Å². The highest BCUT2D eigenvalue weighted by Gasteiger charge is 2.53. The van der Waals surface area contributed by atoms with Gasteiger partial charge in [0.2, 0.25) is 0 Å². The SMILES string of the molecule is CNC(=O)[C@H]1O[C@@H](n2cnc3c(NCc4cccc(I)c4)ncnc32)[C@H](O[Si](C)(C)C(C)(C)C)[C@@H]1NC(N)=O. The lowest BCUT2D eigenvalue weighted by Gasteiger charge is -2.40. The van der Waals surface area contributed by atoms with E-state index in [9.17, 15) is 9.59 Å². The summed E-state index contributed by atoms with van der Waals surface area (Å²) in [5.74, 6) is 0.158. The number of rotatable bonds is 8. The number of imidazole rings is 1. The third-order valence-corrected chi connectivity index (χ3v) is 12.4. The van der Waals surface area contributed by atoms with Crippen LogP contribution in [0.5, 0.6) is 0 Å². The number of nitrogens with zero attached hydrogens (tertiary/aromatic N) is 4. The molecule has 12 nitrogen and oxygen atoms in total. The van der Waals surface area contributed by atoms with Crippen molar-refractivity contribution in [3.63, 3.8) is 0 Å². The maximum Gasteiger partial charge on any atom is 0.312 e. The number of amides is 3. The van der Waals surface area contributed by atoms with Gasteiger partial charge in [0, 0.05) is 17.2 Å². The van der Waals surface area contributed by atoms with Crippen molar-refractivity contribution in [2.75, 3.05) is 12.4 Å². The van der Waals surface area contributed by atoms with Crippen LogP contribution in [0, 0.1) is 3.57 Å². The molecule has 0 aliphatic carbocycles. The molecule has 14 heteroatoms. The molecule has 4 atom stereocenters. The number of benzene rings is 1. The zero-order chi connectivity index (χ0) is 28.5. The van der Waals surface area contributed by atoms with Crippen molar-refractivity contribution in [1.29, 1.82) is 0 Å². The molecule has 3 heterocycles. The summed E-state index contributed by atoms with van der Waals surface area (Å²) in [6.07, 6.45) is 0.444. The van der Waals surface area contributed by atoms with E-state index in [4.69, 9.17) is 14.9 Å². The normalized spacial score (nSPS) is 21.6. The minimum Gasteiger partial charge on any atom is -0.407 e. The first-order chi connectivity index (χ1) is 18.3. The van der Waals surface area contributed by atoms with Crippen LogP contribution in [0.25, 0.3) is 11.2 Å². The minimum atomic E-state index is -2.41. The summed E-state index contributed by atoms with van der Waals surface area (Å²) in [7, 11) is -0.899. The second-order valence-corrected chi connectivity index (χ2v) is 17.0. The maximum atomic E-state index is 12.9. The molecule has 0 spiro atoms. The number of halogens is 1. The molecule has 2 aromatic heterocycles. The maximum absolute atomic E-state index is 12.9. The molecule has 0 saturated carbocycles. The zero-order valence-electron chi connectivity index (χ0n) is 22.9. The van der Waals surface area contributed by atoms with Crippen molar-refractivity contribution >= 4 is 59.8 Å². The number of ether oxygens (including phenoxy) is 1. The monoisotopic (exact) mass is 666 g/mol. The number of urea groups is 1. The van der Waals surface area contributed by atoms with Gasteiger partial charge < -0.3 is 30.8 Å². The van der Waals surface area contributed by atoms with Gasteiger partial charge in [-0.2, -0.15) is 0 Å². The summed E-state index contributed by atoms with van der Waals surface area (Å²) >= 11 is 2.28. The number of carbonyl (C=O) groups excluding carboxylic acids is 2. The van der Waals surface area contributed by atoms with Gasteiger partial charge in [0.25, 0.3) is 5.91 Å². The first kappa shape index (κ1) is 29.2. The summed E-state index contributed by atoms with van der Waals surface area (Å²) in [4.78, 5) is 38.3. The van der Waals surface area contributed by atoms with Crippen LogP contribution in [0.4, 0.5) is 10.6 Å². The number of nitrogens with one attached hydrogen (secondary N) is 3. The van der Waals surface area contributed by atoms with Gasteiger partial charge in [-0.1, -0.05) is 32.9 Å². The van der Waals surface area contributed by atoms with Crippen LogP contribution in [0.15, 0.2) is 36.9 Å². The van der Waals surface area contributed by atoms with Crippen LogP contribution in [0.2, 0.25) is 18.1 Å². The molecule has 5 N–H and O–H groups in total. The molecule has 39 heavy (non-hydrogen) atoms. The number of hydrogen-bond acceptors (Lipinski definition) is 8. The van der Waals surface area contributed by atoms with Crippen molar-refractivity contribution in [3.8, 4) is 0 Å². The van der Waals surface area contributed by atoms with E-state index in [0.717, 1.165) is 9.13 Å². The second kappa shape index (κ2) is 11.3. The van der Waals surface area contributed by atoms with E-state index in [2.05, 4.69) is 93.4 Å². The minimum absolute atomic E-state index is 0.147. The van der Waals surface area contributed by atoms with Gasteiger partial charge in [0.1, 0.15) is 12.4 Å². The molecule has 0 unspecified atom stereocenters. The zero-order valence-corrected chi connectivity index (χ0v) is 26.0. The number of anilines is 1. The van der Waals surface area contributed by atoms with Crippen molar-refractivity contribution in [3.05, 3.63) is 46.1 Å². The van der Waals surface area contributed by atoms with Gasteiger partial charge in [-0.05, 0) is 58.4 Å². The topological polar surface area (TPSA) is 158 Å². The Kier molecular flexibility index (Phi) is 8.49. The van der Waals surface area contributed by atoms with E-state index in [1.807, 2.05) is 18.2 Å². The smallest absolute Gasteiger partial charge is 0.312 e. The predicted octanol–water partition coefficient (Wildman–Crippen LogP) is 3.11. The summed E-state index contributed by atoms with van der Waals surface area (Å²) < 4.78 is 15.9. The molecule has 3 aromatic rings. The van der Waals surface area contributed by atoms with E-state index < -0.39 is 44.7 Å². The third kappa shape index (κ3) is 6.18. The molecule has 0 radical (unpaired) electrons. The van der Waals surface area contributed by atoms with Gasteiger partial charge >= 0.3 is 6.03 Å². The highest BCUT2D eigenvalue weighted by atomic mass is 127. The molecular formula is C25H35IN8O4Si. The molecule has 1 fully saturated rings. The van der Waals surface area contributed by atoms with Gasteiger partial charge in [-0.25, -0.2) is 19.7 Å². The Labute approximate surface area is 242 Å². The Morgan fingerprint density at radius 3 is 2.62 bits per heavy atom. The Hall–Kier alpha value is -2.82. The highest BCUT2D eigenvalue weighted by Crippen LogP contribution is 2.42. The van der Waals surface area contributed by atoms with Gasteiger partial charge in [-0.15, -0.1) is 0 Å². The van der Waals surface area contributed by atoms with Crippen LogP contribution in [0.1, 0.15) is 32.6 Å². The molecule has 1 aliphatic heterocycles. The number of primary amides is 1. The number of aromatic nitrogens is 4. The summed E-state index contributed by atoms with van der Waals surface area (Å²) in [5.41, 5.74) is 7.67. The molecule has 3 amide bonds. The molecular weight excluding hydrogens is 631 g/mol. The third-order valence-electron chi connectivity index (χ3n) is 7.28. The molecule has 1 saturated heterocycles. The fraction of sp³-hybridized carbons (Fsp3) is 0.480. The summed E-state index contributed by atoms with van der Waals surface area (Å²) in [6.45, 7) is 11.1. The fourth-order valence-corrected chi connectivity index (χ4v) is 6.13. The van der Waals surface area contributed by atoms with Crippen molar-refractivity contribution < 1.29 is 18.8 Å². The van der Waals surface area contributed by atoms with Crippen molar-refractivity contribution in [2.45, 2.75) is 69.9 Å². The standard InChI is InChI=1S/C25H35IN8O4Si/c1-25(2,3)39(5,6)38-19-16(33-24(27)36)18(22(35)28-4)37-23(19)34-13-32-17-20(30-12-31-21(17)34)29-11-14-8-7-9-15(26)10-14/h7-10,12-13,16,18-19,23H,11H2,1-6H3,(H,28,35)(H3,27,33,36)(H,29,30,31)/t16-,18+,19-,23-/m1/s1. The van der Waals surface area contributed by atoms with Crippen LogP contribution >= 0.6 is 22.6 Å². The van der Waals surface area contributed by atoms with Crippen LogP contribution in [0.3, 0.4) is 0 Å². The van der Waals surface area contributed by atoms with Crippen LogP contribution < -0.4 is 21.7 Å². The molecule has 0 bridgehead atoms. The quantitative estimate of drug-likeness (QED) is 0.211. The van der Waals surface area contributed by atoms with Gasteiger partial charge in [-0.3, -0.25) is 9.36 Å². The fourth-order valence-electron chi connectivity index (χ4n) is 4.22. The Balaban J connectivity index is 1.73. The number of nitrogens with two attached hydrogens (primary N) is 1. The first-order valence-electron chi connectivity index (χ1n) is 12.6. The van der Waals surface area contributed by atoms with E-state index >= 15 is 0 Å². The second-order valence-electron chi connectivity index (χ2n) is 11.0. The summed E-state index contributed by atoms with van der Waals surface area (Å²) in [5, 5.41) is 8.50. The summed E-state index contributed by atoms with van der Waals surface area (Å²) in [6, 6.07) is 6.55. The number of likely N-dealkylation sites (N-methyl/N-ethyl adjacent to an activating group) is 1. The Bertz CT molecular complexity index is 1360. The highest BCUT2D eigenvalue weighted by molar-refractivity contribution is 14.1. The largest absolute Gasteiger partial charge is 0.407 e. The lowest BCUT2D eigenvalue weighted by molar-refractivity contribution is -0.134. The number of carbonyl (C=O) groups is 2. The molecule has 1 aliphatic rings. The predicted molar refractivity (Wildman–Crippen MR) is 158 cm³/mol. The molecule has 4 rings (SSSR count). The molecule has 210 valence electrons. The van der Waals surface area contributed by atoms with Gasteiger partial charge in [0.15, 0.2) is 37.6 Å². The average molecular weight is 667 g/mol. The van der Waals surface area contributed by atoms with Crippen molar-refractivity contribution in [1.82, 2.24) is 30.2 Å². The van der Waals surface area contributed by atoms with E-state index in [1.54, 1.807) is 10.9 Å². The Morgan fingerprint density at radius 2 is 1.97 bits per heavy atom. The van der Waals surface area contributed by atoms with Gasteiger partial charge in [0.05, 0.1) is 12.4 Å². The van der Waals surface area contributed by atoms with Crippen LogP contribution in [-0.2, 0) is 20.5 Å². The number of hydrogen-bond donors (Lipinski definition) is 4. The lowest BCUT2D eigenvalue weighted by atomic mass is 10.1.